The molecule has 41 heavy (non-hydrogen) atoms. The molecule has 1 heterocycles. The van der Waals surface area contributed by atoms with Crippen LogP contribution in [0.4, 0.5) is 36.4 Å². The van der Waals surface area contributed by atoms with Crippen LogP contribution >= 0.6 is 0 Å². The first-order chi connectivity index (χ1) is 18.9. The van der Waals surface area contributed by atoms with Crippen molar-refractivity contribution in [3.63, 3.8) is 0 Å². The molecule has 4 rings (SSSR count). The Bertz CT molecular complexity index is 1630. The summed E-state index contributed by atoms with van der Waals surface area (Å²) in [5.74, 6) is -3.49. The summed E-state index contributed by atoms with van der Waals surface area (Å²) in [4.78, 5) is 13.3. The van der Waals surface area contributed by atoms with E-state index in [1.165, 1.54) is 24.3 Å². The van der Waals surface area contributed by atoms with Crippen LogP contribution in [0.5, 0.6) is 11.6 Å². The summed E-state index contributed by atoms with van der Waals surface area (Å²) in [6.45, 7) is 2.08. The first-order valence-electron chi connectivity index (χ1n) is 12.0. The molecule has 1 amide bonds. The molecular formula is C26H23F7N4O3S. The van der Waals surface area contributed by atoms with Crippen LogP contribution < -0.4 is 10.1 Å². The van der Waals surface area contributed by atoms with Crippen molar-refractivity contribution >= 4 is 21.3 Å². The fourth-order valence-electron chi connectivity index (χ4n) is 4.60. The minimum atomic E-state index is -5.01. The summed E-state index contributed by atoms with van der Waals surface area (Å²) < 4.78 is 123. The molecule has 0 bridgehead atoms. The molecule has 2 aromatic carbocycles. The van der Waals surface area contributed by atoms with Gasteiger partial charge >= 0.3 is 12.4 Å². The number of alkyl halides is 6. The maximum absolute atomic E-state index is 15.3. The molecule has 2 N–H and O–H groups in total. The molecule has 0 spiro atoms. The first kappa shape index (κ1) is 30.2. The summed E-state index contributed by atoms with van der Waals surface area (Å²) in [5, 5.41) is 8.86. The Kier molecular flexibility index (Phi) is 7.56. The number of carbonyl (C=O) groups is 1. The van der Waals surface area contributed by atoms with Gasteiger partial charge in [0.05, 0.1) is 15.1 Å². The molecule has 1 saturated carbocycles. The second-order valence-corrected chi connectivity index (χ2v) is 11.9. The molecular weight excluding hydrogens is 581 g/mol. The predicted octanol–water partition coefficient (Wildman–Crippen LogP) is 7.32. The molecule has 1 aliphatic carbocycles. The van der Waals surface area contributed by atoms with E-state index in [-0.39, 0.29) is 41.2 Å². The largest absolute Gasteiger partial charge is 0.437 e. The van der Waals surface area contributed by atoms with Gasteiger partial charge in [-0.15, -0.1) is 10.2 Å². The number of rotatable bonds is 6. The maximum Gasteiger partial charge on any atom is 0.435 e. The van der Waals surface area contributed by atoms with Crippen LogP contribution in [0, 0.1) is 24.4 Å². The van der Waals surface area contributed by atoms with Gasteiger partial charge in [-0.2, -0.15) is 26.3 Å². The summed E-state index contributed by atoms with van der Waals surface area (Å²) >= 11 is 0. The minimum absolute atomic E-state index is 0.00503. The van der Waals surface area contributed by atoms with E-state index in [0.717, 1.165) is 32.2 Å². The molecule has 1 aliphatic rings. The van der Waals surface area contributed by atoms with Gasteiger partial charge in [-0.25, -0.2) is 13.4 Å². The van der Waals surface area contributed by atoms with Gasteiger partial charge in [0.2, 0.25) is 0 Å². The number of hydrogen-bond acceptors (Lipinski definition) is 6. The summed E-state index contributed by atoms with van der Waals surface area (Å²) in [6.07, 6.45) is -8.91. The smallest absolute Gasteiger partial charge is 0.435 e. The summed E-state index contributed by atoms with van der Waals surface area (Å²) in [7, 11) is -3.19. The van der Waals surface area contributed by atoms with Crippen molar-refractivity contribution in [2.45, 2.75) is 55.8 Å². The van der Waals surface area contributed by atoms with Crippen LogP contribution in [0.3, 0.4) is 0 Å². The SMILES string of the molecule is Cc1c(Oc2nnc(C(F)(F)F)c(C)c2C(=O)Nc2cccc(S(C)(=N)=O)c2)ccc(C2(C(F)(F)F)CCC2)c1F. The van der Waals surface area contributed by atoms with Crippen molar-refractivity contribution in [2.24, 2.45) is 0 Å². The minimum Gasteiger partial charge on any atom is -0.437 e. The Morgan fingerprint density at radius 3 is 2.24 bits per heavy atom. The molecule has 3 aromatic rings. The Labute approximate surface area is 230 Å². The molecule has 1 atom stereocenters. The van der Waals surface area contributed by atoms with E-state index in [1.807, 2.05) is 0 Å². The molecule has 1 aromatic heterocycles. The van der Waals surface area contributed by atoms with E-state index in [0.29, 0.717) is 0 Å². The van der Waals surface area contributed by atoms with E-state index in [1.54, 1.807) is 0 Å². The monoisotopic (exact) mass is 604 g/mol. The number of nitrogens with zero attached hydrogens (tertiary/aromatic N) is 2. The van der Waals surface area contributed by atoms with Gasteiger partial charge in [-0.3, -0.25) is 4.79 Å². The standard InChI is InChI=1S/C26H23F7N4O3S/c1-13-18(9-8-17(20(13)27)24(10-5-11-24)26(31,32)33)40-23-19(14(2)21(36-37-23)25(28,29)30)22(38)35-15-6-4-7-16(12-15)41(3,34)39/h4,6-9,12,34H,5,10-11H2,1-3H3,(H,35,38). The van der Waals surface area contributed by atoms with Gasteiger partial charge in [0.1, 0.15) is 17.1 Å². The highest BCUT2D eigenvalue weighted by Crippen LogP contribution is 2.55. The molecule has 1 fully saturated rings. The molecule has 1 unspecified atom stereocenters. The highest BCUT2D eigenvalue weighted by molar-refractivity contribution is 7.91. The predicted molar refractivity (Wildman–Crippen MR) is 134 cm³/mol. The van der Waals surface area contributed by atoms with E-state index in [9.17, 15) is 35.3 Å². The van der Waals surface area contributed by atoms with Gasteiger partial charge in [-0.05, 0) is 56.5 Å². The lowest BCUT2D eigenvalue weighted by Gasteiger charge is -2.43. The number of aromatic nitrogens is 2. The summed E-state index contributed by atoms with van der Waals surface area (Å²) in [5.41, 5.74) is -6.21. The average Bonchev–Trinajstić information content (AvgIpc) is 2.80. The van der Waals surface area contributed by atoms with Crippen LogP contribution in [-0.2, 0) is 21.3 Å². The van der Waals surface area contributed by atoms with Gasteiger partial charge in [0.15, 0.2) is 5.69 Å². The second-order valence-electron chi connectivity index (χ2n) is 9.76. The highest BCUT2D eigenvalue weighted by atomic mass is 32.2. The number of amides is 1. The zero-order valence-electron chi connectivity index (χ0n) is 21.8. The van der Waals surface area contributed by atoms with Crippen LogP contribution in [-0.4, -0.2) is 32.7 Å². The third-order valence-corrected chi connectivity index (χ3v) is 8.18. The van der Waals surface area contributed by atoms with Gasteiger partial charge in [-0.1, -0.05) is 18.6 Å². The number of nitrogens with one attached hydrogen (secondary N) is 2. The van der Waals surface area contributed by atoms with Crippen molar-refractivity contribution in [1.29, 1.82) is 4.78 Å². The molecule has 0 saturated heterocycles. The van der Waals surface area contributed by atoms with Gasteiger partial charge in [0.25, 0.3) is 11.8 Å². The molecule has 220 valence electrons. The fraction of sp³-hybridized carbons (Fsp3) is 0.346. The molecule has 0 radical (unpaired) electrons. The van der Waals surface area contributed by atoms with Gasteiger partial charge < -0.3 is 10.1 Å². The van der Waals surface area contributed by atoms with Crippen molar-refractivity contribution in [3.8, 4) is 11.6 Å². The number of carbonyl (C=O) groups excluding carboxylic acids is 1. The topological polar surface area (TPSA) is 105 Å². The van der Waals surface area contributed by atoms with E-state index in [2.05, 4.69) is 15.5 Å². The Morgan fingerprint density at radius 2 is 1.71 bits per heavy atom. The van der Waals surface area contributed by atoms with Crippen LogP contribution in [0.15, 0.2) is 41.3 Å². The number of ether oxygens (including phenoxy) is 1. The zero-order chi connectivity index (χ0) is 30.5. The highest BCUT2D eigenvalue weighted by Gasteiger charge is 2.60. The number of hydrogen-bond donors (Lipinski definition) is 2. The van der Waals surface area contributed by atoms with Crippen molar-refractivity contribution in [3.05, 3.63) is 70.2 Å². The lowest BCUT2D eigenvalue weighted by atomic mass is 9.63. The molecule has 15 heteroatoms. The van der Waals surface area contributed by atoms with Crippen molar-refractivity contribution in [2.75, 3.05) is 11.6 Å². The van der Waals surface area contributed by atoms with E-state index in [4.69, 9.17) is 9.52 Å². The average molecular weight is 605 g/mol. The lowest BCUT2D eigenvalue weighted by Crippen LogP contribution is -2.48. The Morgan fingerprint density at radius 1 is 1.05 bits per heavy atom. The summed E-state index contributed by atoms with van der Waals surface area (Å²) in [6, 6.07) is 7.24. The van der Waals surface area contributed by atoms with Gasteiger partial charge in [0, 0.05) is 28.0 Å². The third kappa shape index (κ3) is 5.59. The number of benzene rings is 2. The molecule has 0 aliphatic heterocycles. The van der Waals surface area contributed by atoms with Crippen LogP contribution in [0.25, 0.3) is 0 Å². The maximum atomic E-state index is 15.3. The third-order valence-electron chi connectivity index (χ3n) is 7.03. The van der Waals surface area contributed by atoms with Crippen molar-refractivity contribution < 1.29 is 44.5 Å². The second kappa shape index (κ2) is 10.3. The van der Waals surface area contributed by atoms with E-state index >= 15 is 4.39 Å². The Hall–Kier alpha value is -3.75. The first-order valence-corrected chi connectivity index (χ1v) is 14.0. The number of anilines is 1. The fourth-order valence-corrected chi connectivity index (χ4v) is 5.29. The number of halogens is 7. The lowest BCUT2D eigenvalue weighted by molar-refractivity contribution is -0.213. The van der Waals surface area contributed by atoms with Crippen molar-refractivity contribution in [1.82, 2.24) is 10.2 Å². The molecule has 7 nitrogen and oxygen atoms in total. The van der Waals surface area contributed by atoms with Crippen LogP contribution in [0.2, 0.25) is 0 Å². The zero-order valence-corrected chi connectivity index (χ0v) is 22.6. The van der Waals surface area contributed by atoms with E-state index < -0.39 is 67.5 Å². The van der Waals surface area contributed by atoms with Crippen LogP contribution in [0.1, 0.15) is 52.0 Å². The Balaban J connectivity index is 1.77. The normalized spacial score (nSPS) is 16.4. The quantitative estimate of drug-likeness (QED) is 0.287.